The molecule has 2 amide bonds. The molecule has 2 saturated heterocycles. The predicted octanol–water partition coefficient (Wildman–Crippen LogP) is 2.05. The Bertz CT molecular complexity index is 1020. The second-order valence-electron chi connectivity index (χ2n) is 7.66. The Labute approximate surface area is 180 Å². The van der Waals surface area contributed by atoms with Crippen LogP contribution in [-0.4, -0.2) is 68.6 Å². The van der Waals surface area contributed by atoms with E-state index in [0.29, 0.717) is 37.5 Å². The van der Waals surface area contributed by atoms with Gasteiger partial charge >= 0.3 is 12.1 Å². The van der Waals surface area contributed by atoms with Crippen molar-refractivity contribution in [3.8, 4) is 0 Å². The van der Waals surface area contributed by atoms with Crippen LogP contribution in [0.5, 0.6) is 0 Å². The number of carbonyl (C=O) groups is 3. The molecule has 0 aromatic carbocycles. The van der Waals surface area contributed by atoms with Crippen molar-refractivity contribution in [1.82, 2.24) is 19.9 Å². The average Bonchev–Trinajstić information content (AvgIpc) is 3.38. The van der Waals surface area contributed by atoms with Gasteiger partial charge in [-0.15, -0.1) is 0 Å². The van der Waals surface area contributed by atoms with Crippen LogP contribution in [0.3, 0.4) is 0 Å². The first-order valence-electron chi connectivity index (χ1n) is 9.69. The first-order valence-corrected chi connectivity index (χ1v) is 9.69. The van der Waals surface area contributed by atoms with Crippen LogP contribution in [0.4, 0.5) is 13.2 Å². The molecule has 2 aromatic rings. The van der Waals surface area contributed by atoms with Crippen molar-refractivity contribution >= 4 is 17.8 Å². The van der Waals surface area contributed by atoms with Crippen LogP contribution in [0.2, 0.25) is 0 Å². The molecule has 4 rings (SSSR count). The van der Waals surface area contributed by atoms with Gasteiger partial charge in [-0.1, -0.05) is 11.2 Å². The van der Waals surface area contributed by atoms with Crippen LogP contribution < -0.4 is 0 Å². The van der Waals surface area contributed by atoms with Crippen molar-refractivity contribution in [2.75, 3.05) is 19.6 Å². The highest BCUT2D eigenvalue weighted by Gasteiger charge is 2.47. The summed E-state index contributed by atoms with van der Waals surface area (Å²) in [5.74, 6) is -2.16. The minimum atomic E-state index is -5.08. The first kappa shape index (κ1) is 23.2. The van der Waals surface area contributed by atoms with Gasteiger partial charge in [-0.25, -0.2) is 4.79 Å². The molecule has 0 radical (unpaired) electrons. The Balaban J connectivity index is 0.000000360. The fraction of sp³-hybridized carbons (Fsp3) is 0.450. The highest BCUT2D eigenvalue weighted by atomic mass is 19.4. The Morgan fingerprint density at radius 2 is 1.91 bits per heavy atom. The number of aliphatic carboxylic acids is 1. The summed E-state index contributed by atoms with van der Waals surface area (Å²) < 4.78 is 36.7. The van der Waals surface area contributed by atoms with Gasteiger partial charge in [0.05, 0.1) is 24.4 Å². The molecule has 9 nitrogen and oxygen atoms in total. The lowest BCUT2D eigenvalue weighted by atomic mass is 10.0. The number of fused-ring (bicyclic) bond motifs is 1. The third kappa shape index (κ3) is 5.06. The number of hydrogen-bond donors (Lipinski definition) is 1. The number of carboxylic acids is 1. The summed E-state index contributed by atoms with van der Waals surface area (Å²) in [5.41, 5.74) is 2.33. The molecule has 1 N–H and O–H groups in total. The number of halogens is 3. The van der Waals surface area contributed by atoms with Crippen LogP contribution in [0.25, 0.3) is 0 Å². The number of nitrogens with zero attached hydrogens (tertiary/aromatic N) is 4. The van der Waals surface area contributed by atoms with Gasteiger partial charge in [-0.2, -0.15) is 13.2 Å². The molecule has 2 aliphatic rings. The second kappa shape index (κ2) is 8.97. The molecule has 2 atom stereocenters. The van der Waals surface area contributed by atoms with Gasteiger partial charge in [0.1, 0.15) is 11.3 Å². The van der Waals surface area contributed by atoms with Gasteiger partial charge in [0.25, 0.3) is 5.91 Å². The third-order valence-electron chi connectivity index (χ3n) is 5.33. The normalized spacial score (nSPS) is 20.1. The van der Waals surface area contributed by atoms with E-state index in [1.807, 2.05) is 30.0 Å². The summed E-state index contributed by atoms with van der Waals surface area (Å²) in [4.78, 5) is 42.3. The fourth-order valence-electron chi connectivity index (χ4n) is 3.81. The maximum absolute atomic E-state index is 12.7. The van der Waals surface area contributed by atoms with E-state index in [9.17, 15) is 22.8 Å². The van der Waals surface area contributed by atoms with Crippen LogP contribution in [-0.2, 0) is 16.1 Å². The highest BCUT2D eigenvalue weighted by Crippen LogP contribution is 2.33. The monoisotopic (exact) mass is 454 g/mol. The number of rotatable bonds is 3. The number of pyridine rings is 1. The number of alkyl halides is 3. The predicted molar refractivity (Wildman–Crippen MR) is 102 cm³/mol. The minimum absolute atomic E-state index is 0.104. The molecule has 4 heterocycles. The summed E-state index contributed by atoms with van der Waals surface area (Å²) in [7, 11) is 0. The van der Waals surface area contributed by atoms with Crippen molar-refractivity contribution in [1.29, 1.82) is 0 Å². The zero-order chi connectivity index (χ0) is 23.6. The number of hydrogen-bond acceptors (Lipinski definition) is 6. The van der Waals surface area contributed by atoms with Gasteiger partial charge < -0.3 is 19.4 Å². The SMILES string of the molecule is Cc1cccc(CN2C[C@@H]3CN(C(=O)c4cnoc4C)C[C@@H]3C2=O)n1.O=C(O)C(F)(F)F. The van der Waals surface area contributed by atoms with Crippen molar-refractivity contribution in [2.45, 2.75) is 26.6 Å². The molecule has 172 valence electrons. The Morgan fingerprint density at radius 1 is 1.22 bits per heavy atom. The van der Waals surface area contributed by atoms with Crippen molar-refractivity contribution in [3.05, 3.63) is 47.1 Å². The molecule has 2 aliphatic heterocycles. The Morgan fingerprint density at radius 3 is 2.44 bits per heavy atom. The molecule has 0 unspecified atom stereocenters. The molecule has 0 spiro atoms. The molecule has 0 aliphatic carbocycles. The van der Waals surface area contributed by atoms with Crippen LogP contribution in [0.15, 0.2) is 28.9 Å². The lowest BCUT2D eigenvalue weighted by Crippen LogP contribution is -2.35. The zero-order valence-corrected chi connectivity index (χ0v) is 17.3. The van der Waals surface area contributed by atoms with E-state index in [1.54, 1.807) is 11.8 Å². The van der Waals surface area contributed by atoms with E-state index in [2.05, 4.69) is 10.1 Å². The van der Waals surface area contributed by atoms with E-state index >= 15 is 0 Å². The zero-order valence-electron chi connectivity index (χ0n) is 17.3. The number of amides is 2. The van der Waals surface area contributed by atoms with Gasteiger partial charge in [0.2, 0.25) is 5.91 Å². The summed E-state index contributed by atoms with van der Waals surface area (Å²) in [6, 6.07) is 5.85. The number of likely N-dealkylation sites (tertiary alicyclic amines) is 2. The number of aryl methyl sites for hydroxylation is 2. The fourth-order valence-corrected chi connectivity index (χ4v) is 3.81. The van der Waals surface area contributed by atoms with Crippen LogP contribution >= 0.6 is 0 Å². The van der Waals surface area contributed by atoms with E-state index in [1.165, 1.54) is 6.20 Å². The number of carbonyl (C=O) groups excluding carboxylic acids is 2. The van der Waals surface area contributed by atoms with E-state index in [0.717, 1.165) is 11.4 Å². The Hall–Kier alpha value is -3.44. The van der Waals surface area contributed by atoms with Crippen LogP contribution in [0, 0.1) is 25.7 Å². The lowest BCUT2D eigenvalue weighted by molar-refractivity contribution is -0.192. The van der Waals surface area contributed by atoms with Crippen molar-refractivity contribution in [3.63, 3.8) is 0 Å². The van der Waals surface area contributed by atoms with Gasteiger partial charge in [0, 0.05) is 31.2 Å². The van der Waals surface area contributed by atoms with E-state index in [-0.39, 0.29) is 23.7 Å². The topological polar surface area (TPSA) is 117 Å². The van der Waals surface area contributed by atoms with Gasteiger partial charge in [-0.05, 0) is 26.0 Å². The average molecular weight is 454 g/mol. The van der Waals surface area contributed by atoms with E-state index in [4.69, 9.17) is 14.4 Å². The summed E-state index contributed by atoms with van der Waals surface area (Å²) in [6.07, 6.45) is -3.64. The summed E-state index contributed by atoms with van der Waals surface area (Å²) >= 11 is 0. The minimum Gasteiger partial charge on any atom is -0.475 e. The quantitative estimate of drug-likeness (QED) is 0.754. The third-order valence-corrected chi connectivity index (χ3v) is 5.33. The Kier molecular flexibility index (Phi) is 6.51. The van der Waals surface area contributed by atoms with Crippen LogP contribution in [0.1, 0.15) is 27.5 Å². The number of carboxylic acid groups (broad SMARTS) is 1. The molecular weight excluding hydrogens is 433 g/mol. The maximum Gasteiger partial charge on any atom is 0.490 e. The molecular formula is C20H21F3N4O5. The van der Waals surface area contributed by atoms with E-state index < -0.39 is 12.1 Å². The molecule has 2 fully saturated rings. The molecule has 0 saturated carbocycles. The largest absolute Gasteiger partial charge is 0.490 e. The maximum atomic E-state index is 12.7. The molecule has 0 bridgehead atoms. The first-order chi connectivity index (χ1) is 15.0. The second-order valence-corrected chi connectivity index (χ2v) is 7.66. The lowest BCUT2D eigenvalue weighted by Gasteiger charge is -2.21. The van der Waals surface area contributed by atoms with Crippen molar-refractivity contribution < 1.29 is 37.2 Å². The summed E-state index contributed by atoms with van der Waals surface area (Å²) in [6.45, 7) is 5.93. The van der Waals surface area contributed by atoms with Crippen molar-refractivity contribution in [2.24, 2.45) is 11.8 Å². The molecule has 12 heteroatoms. The summed E-state index contributed by atoms with van der Waals surface area (Å²) in [5, 5.41) is 10.8. The molecule has 2 aromatic heterocycles. The van der Waals surface area contributed by atoms with Gasteiger partial charge in [-0.3, -0.25) is 14.6 Å². The number of aromatic nitrogens is 2. The molecule has 32 heavy (non-hydrogen) atoms. The standard InChI is InChI=1S/C18H20N4O3.C2HF3O2/c1-11-4-3-5-14(20-11)9-21-7-13-8-22(10-16(13)18(21)24)17(23)15-6-19-25-12(15)2;3-2(4,5)1(6)7/h3-6,13,16H,7-10H2,1-2H3;(H,6,7)/t13-,16+;/m1./s1. The smallest absolute Gasteiger partial charge is 0.475 e. The van der Waals surface area contributed by atoms with Gasteiger partial charge in [0.15, 0.2) is 0 Å². The highest BCUT2D eigenvalue weighted by molar-refractivity contribution is 5.95.